The summed E-state index contributed by atoms with van der Waals surface area (Å²) in [5.74, 6) is 0.316. The summed E-state index contributed by atoms with van der Waals surface area (Å²) < 4.78 is 5.58. The van der Waals surface area contributed by atoms with Gasteiger partial charge in [0.25, 0.3) is 0 Å². The van der Waals surface area contributed by atoms with Crippen LogP contribution in [0.25, 0.3) is 0 Å². The van der Waals surface area contributed by atoms with E-state index in [-0.39, 0.29) is 24.0 Å². The van der Waals surface area contributed by atoms with Crippen LogP contribution in [0.3, 0.4) is 0 Å². The Morgan fingerprint density at radius 2 is 2.32 bits per heavy atom. The number of hydrogen-bond donors (Lipinski definition) is 2. The molecule has 1 aliphatic rings. The van der Waals surface area contributed by atoms with E-state index >= 15 is 0 Å². The number of hydrogen-bond acceptors (Lipinski definition) is 4. The van der Waals surface area contributed by atoms with Crippen molar-refractivity contribution in [3.05, 3.63) is 18.3 Å². The number of amides is 1. The highest BCUT2D eigenvalue weighted by Gasteiger charge is 2.30. The summed E-state index contributed by atoms with van der Waals surface area (Å²) in [6, 6.07) is 3.53. The van der Waals surface area contributed by atoms with Crippen molar-refractivity contribution in [1.29, 1.82) is 0 Å². The van der Waals surface area contributed by atoms with Crippen molar-refractivity contribution in [3.63, 3.8) is 0 Å². The first-order chi connectivity index (χ1) is 9.08. The Morgan fingerprint density at radius 1 is 1.53 bits per heavy atom. The van der Waals surface area contributed by atoms with Crippen LogP contribution < -0.4 is 15.8 Å². The van der Waals surface area contributed by atoms with Gasteiger partial charge in [0.15, 0.2) is 0 Å². The summed E-state index contributed by atoms with van der Waals surface area (Å²) in [6.45, 7) is 3.85. The van der Waals surface area contributed by atoms with Crippen molar-refractivity contribution in [3.8, 4) is 5.88 Å². The third-order valence-electron chi connectivity index (χ3n) is 3.28. The largest absolute Gasteiger partial charge is 0.473 e. The van der Waals surface area contributed by atoms with E-state index in [2.05, 4.69) is 10.3 Å². The second kappa shape index (κ2) is 6.02. The average Bonchev–Trinajstić information content (AvgIpc) is 2.77. The van der Waals surface area contributed by atoms with Crippen molar-refractivity contribution < 1.29 is 9.53 Å². The SMILES string of the molecule is CC(C)Oc1ncccc1NC(=O)C1CCCC1N. The number of anilines is 1. The molecule has 1 aromatic rings. The van der Waals surface area contributed by atoms with Crippen molar-refractivity contribution in [2.24, 2.45) is 11.7 Å². The minimum Gasteiger partial charge on any atom is -0.473 e. The first kappa shape index (κ1) is 13.8. The van der Waals surface area contributed by atoms with Gasteiger partial charge < -0.3 is 15.8 Å². The van der Waals surface area contributed by atoms with Crippen LogP contribution >= 0.6 is 0 Å². The van der Waals surface area contributed by atoms with Gasteiger partial charge in [-0.3, -0.25) is 4.79 Å². The van der Waals surface area contributed by atoms with Crippen LogP contribution in [0.1, 0.15) is 33.1 Å². The number of pyridine rings is 1. The first-order valence-corrected chi connectivity index (χ1v) is 6.76. The lowest BCUT2D eigenvalue weighted by atomic mass is 10.0. The van der Waals surface area contributed by atoms with Gasteiger partial charge in [-0.1, -0.05) is 6.42 Å². The second-order valence-electron chi connectivity index (χ2n) is 5.21. The number of nitrogens with zero attached hydrogens (tertiary/aromatic N) is 1. The number of rotatable bonds is 4. The van der Waals surface area contributed by atoms with E-state index in [9.17, 15) is 4.79 Å². The maximum absolute atomic E-state index is 12.2. The molecule has 1 aliphatic carbocycles. The van der Waals surface area contributed by atoms with Crippen molar-refractivity contribution in [2.75, 3.05) is 5.32 Å². The van der Waals surface area contributed by atoms with Crippen molar-refractivity contribution in [2.45, 2.75) is 45.3 Å². The van der Waals surface area contributed by atoms with E-state index in [1.165, 1.54) is 0 Å². The number of nitrogens with two attached hydrogens (primary N) is 1. The Morgan fingerprint density at radius 3 is 2.95 bits per heavy atom. The summed E-state index contributed by atoms with van der Waals surface area (Å²) in [5, 5.41) is 2.88. The fourth-order valence-corrected chi connectivity index (χ4v) is 2.34. The van der Waals surface area contributed by atoms with E-state index in [4.69, 9.17) is 10.5 Å². The van der Waals surface area contributed by atoms with Gasteiger partial charge in [0.05, 0.1) is 12.0 Å². The molecule has 0 saturated heterocycles. The smallest absolute Gasteiger partial charge is 0.238 e. The average molecular weight is 263 g/mol. The van der Waals surface area contributed by atoms with Gasteiger partial charge in [0.1, 0.15) is 5.69 Å². The van der Waals surface area contributed by atoms with E-state index < -0.39 is 0 Å². The van der Waals surface area contributed by atoms with Crippen LogP contribution in [0, 0.1) is 5.92 Å². The maximum atomic E-state index is 12.2. The number of aromatic nitrogens is 1. The Hall–Kier alpha value is -1.62. The Labute approximate surface area is 113 Å². The molecule has 2 rings (SSSR count). The standard InChI is InChI=1S/C14H21N3O2/c1-9(2)19-14-12(7-4-8-16-14)17-13(18)10-5-3-6-11(10)15/h4,7-11H,3,5-6,15H2,1-2H3,(H,17,18). The monoisotopic (exact) mass is 263 g/mol. The van der Waals surface area contributed by atoms with E-state index in [0.29, 0.717) is 11.6 Å². The first-order valence-electron chi connectivity index (χ1n) is 6.76. The number of carbonyl (C=O) groups excluding carboxylic acids is 1. The highest BCUT2D eigenvalue weighted by Crippen LogP contribution is 2.27. The second-order valence-corrected chi connectivity index (χ2v) is 5.21. The molecule has 1 aromatic heterocycles. The zero-order valence-corrected chi connectivity index (χ0v) is 11.4. The van der Waals surface area contributed by atoms with Gasteiger partial charge >= 0.3 is 0 Å². The summed E-state index contributed by atoms with van der Waals surface area (Å²) in [4.78, 5) is 16.3. The summed E-state index contributed by atoms with van der Waals surface area (Å²) in [7, 11) is 0. The molecule has 1 fully saturated rings. The fourth-order valence-electron chi connectivity index (χ4n) is 2.34. The highest BCUT2D eigenvalue weighted by molar-refractivity contribution is 5.94. The number of nitrogens with one attached hydrogen (secondary N) is 1. The fraction of sp³-hybridized carbons (Fsp3) is 0.571. The van der Waals surface area contributed by atoms with Gasteiger partial charge in [-0.15, -0.1) is 0 Å². The topological polar surface area (TPSA) is 77.2 Å². The molecule has 0 aromatic carbocycles. The molecule has 2 unspecified atom stereocenters. The predicted octanol–water partition coefficient (Wildman–Crippen LogP) is 1.93. The molecule has 104 valence electrons. The minimum absolute atomic E-state index is 0.0132. The van der Waals surface area contributed by atoms with Crippen LogP contribution in [-0.2, 0) is 4.79 Å². The third-order valence-corrected chi connectivity index (χ3v) is 3.28. The molecule has 19 heavy (non-hydrogen) atoms. The minimum atomic E-state index is -0.105. The molecule has 0 radical (unpaired) electrons. The van der Waals surface area contributed by atoms with E-state index in [1.54, 1.807) is 18.3 Å². The predicted molar refractivity (Wildman–Crippen MR) is 73.9 cm³/mol. The Kier molecular flexibility index (Phi) is 4.37. The maximum Gasteiger partial charge on any atom is 0.238 e. The van der Waals surface area contributed by atoms with Crippen LogP contribution in [0.2, 0.25) is 0 Å². The molecule has 2 atom stereocenters. The molecule has 5 nitrogen and oxygen atoms in total. The van der Waals surface area contributed by atoms with Gasteiger partial charge in [0.2, 0.25) is 11.8 Å². The van der Waals surface area contributed by atoms with E-state index in [0.717, 1.165) is 19.3 Å². The molecule has 0 bridgehead atoms. The molecule has 1 amide bonds. The Balaban J connectivity index is 2.08. The third kappa shape index (κ3) is 3.44. The van der Waals surface area contributed by atoms with Crippen LogP contribution in [0.5, 0.6) is 5.88 Å². The van der Waals surface area contributed by atoms with Crippen LogP contribution in [0.4, 0.5) is 5.69 Å². The zero-order valence-electron chi connectivity index (χ0n) is 11.4. The quantitative estimate of drug-likeness (QED) is 0.870. The lowest BCUT2D eigenvalue weighted by molar-refractivity contribution is -0.120. The molecule has 1 saturated carbocycles. The summed E-state index contributed by atoms with van der Waals surface area (Å²) >= 11 is 0. The molecule has 1 heterocycles. The molecular weight excluding hydrogens is 242 g/mol. The molecule has 0 spiro atoms. The zero-order chi connectivity index (χ0) is 13.8. The normalized spacial score (nSPS) is 22.5. The molecular formula is C14H21N3O2. The molecule has 3 N–H and O–H groups in total. The van der Waals surface area contributed by atoms with E-state index in [1.807, 2.05) is 13.8 Å². The van der Waals surface area contributed by atoms with Gasteiger partial charge in [-0.2, -0.15) is 0 Å². The van der Waals surface area contributed by atoms with Gasteiger partial charge in [-0.25, -0.2) is 4.98 Å². The lowest BCUT2D eigenvalue weighted by Crippen LogP contribution is -2.34. The van der Waals surface area contributed by atoms with Gasteiger partial charge in [-0.05, 0) is 38.8 Å². The lowest BCUT2D eigenvalue weighted by Gasteiger charge is -2.17. The Bertz CT molecular complexity index is 448. The summed E-state index contributed by atoms with van der Waals surface area (Å²) in [5.41, 5.74) is 6.56. The highest BCUT2D eigenvalue weighted by atomic mass is 16.5. The van der Waals surface area contributed by atoms with Crippen LogP contribution in [-0.4, -0.2) is 23.0 Å². The number of ether oxygens (including phenoxy) is 1. The van der Waals surface area contributed by atoms with Crippen molar-refractivity contribution in [1.82, 2.24) is 4.98 Å². The molecule has 0 aliphatic heterocycles. The van der Waals surface area contributed by atoms with Gasteiger partial charge in [0, 0.05) is 12.2 Å². The summed E-state index contributed by atoms with van der Waals surface area (Å²) in [6.07, 6.45) is 4.45. The van der Waals surface area contributed by atoms with Crippen LogP contribution in [0.15, 0.2) is 18.3 Å². The molecule has 5 heteroatoms. The number of carbonyl (C=O) groups is 1. The van der Waals surface area contributed by atoms with Crippen molar-refractivity contribution >= 4 is 11.6 Å².